The summed E-state index contributed by atoms with van der Waals surface area (Å²) >= 11 is 0. The average Bonchev–Trinajstić information content (AvgIpc) is 2.64. The third-order valence-electron chi connectivity index (χ3n) is 3.43. The molecule has 0 radical (unpaired) electrons. The van der Waals surface area contributed by atoms with E-state index in [-0.39, 0.29) is 17.0 Å². The number of alkyl halides is 3. The molecule has 0 aliphatic heterocycles. The van der Waals surface area contributed by atoms with Gasteiger partial charge in [0.05, 0.1) is 19.8 Å². The van der Waals surface area contributed by atoms with E-state index >= 15 is 0 Å². The zero-order valence-corrected chi connectivity index (χ0v) is 14.4. The molecule has 0 saturated heterocycles. The number of anilines is 1. The number of halogens is 3. The topological polar surface area (TPSA) is 73.9 Å². The number of benzene rings is 2. The van der Waals surface area contributed by atoms with E-state index in [0.29, 0.717) is 5.75 Å². The molecule has 0 heterocycles. The second-order valence-electron chi connectivity index (χ2n) is 5.24. The summed E-state index contributed by atoms with van der Waals surface area (Å²) in [7, 11) is 2.74. The van der Waals surface area contributed by atoms with Gasteiger partial charge in [-0.1, -0.05) is 12.1 Å². The zero-order chi connectivity index (χ0) is 20.0. The molecule has 0 spiro atoms. The third-order valence-corrected chi connectivity index (χ3v) is 3.43. The molecule has 0 aliphatic carbocycles. The summed E-state index contributed by atoms with van der Waals surface area (Å²) in [5, 5.41) is 2.24. The number of carbonyl (C=O) groups excluding carboxylic acids is 2. The second kappa shape index (κ2) is 8.43. The number of methoxy groups -OCH3 is 2. The Labute approximate surface area is 152 Å². The number of rotatable bonds is 6. The zero-order valence-electron chi connectivity index (χ0n) is 14.4. The highest BCUT2D eigenvalue weighted by molar-refractivity contribution is 5.97. The summed E-state index contributed by atoms with van der Waals surface area (Å²) < 4.78 is 53.1. The Morgan fingerprint density at radius 3 is 2.37 bits per heavy atom. The first-order valence-corrected chi connectivity index (χ1v) is 7.61. The molecular weight excluding hydrogens is 367 g/mol. The standard InChI is InChI=1S/C18H16F3NO5/c1-25-14-8-4-7-13(16(14)26-2)17(24)27-10-15(23)22-12-6-3-5-11(9-12)18(19,20)21/h3-9H,10H2,1-2H3,(H,22,23). The maximum absolute atomic E-state index is 12.7. The number of amides is 1. The maximum atomic E-state index is 12.7. The van der Waals surface area contributed by atoms with Crippen LogP contribution in [0.15, 0.2) is 42.5 Å². The number of ether oxygens (including phenoxy) is 3. The lowest BCUT2D eigenvalue weighted by Crippen LogP contribution is -2.21. The first kappa shape index (κ1) is 20.1. The predicted octanol–water partition coefficient (Wildman–Crippen LogP) is 3.52. The SMILES string of the molecule is COc1cccc(C(=O)OCC(=O)Nc2cccc(C(F)(F)F)c2)c1OC. The van der Waals surface area contributed by atoms with E-state index in [9.17, 15) is 22.8 Å². The molecule has 2 aromatic rings. The Morgan fingerprint density at radius 2 is 1.74 bits per heavy atom. The average molecular weight is 383 g/mol. The van der Waals surface area contributed by atoms with Gasteiger partial charge in [-0.3, -0.25) is 4.79 Å². The molecule has 0 fully saturated rings. The van der Waals surface area contributed by atoms with Crippen molar-refractivity contribution in [2.75, 3.05) is 26.1 Å². The minimum atomic E-state index is -4.53. The van der Waals surface area contributed by atoms with Crippen LogP contribution < -0.4 is 14.8 Å². The number of hydrogen-bond acceptors (Lipinski definition) is 5. The predicted molar refractivity (Wildman–Crippen MR) is 89.9 cm³/mol. The molecular formula is C18H16F3NO5. The normalized spacial score (nSPS) is 10.9. The van der Waals surface area contributed by atoms with Gasteiger partial charge < -0.3 is 19.5 Å². The summed E-state index contributed by atoms with van der Waals surface area (Å²) in [6.07, 6.45) is -4.53. The minimum absolute atomic E-state index is 0.0451. The van der Waals surface area contributed by atoms with Crippen molar-refractivity contribution in [1.29, 1.82) is 0 Å². The highest BCUT2D eigenvalue weighted by Gasteiger charge is 2.30. The largest absolute Gasteiger partial charge is 0.493 e. The van der Waals surface area contributed by atoms with Crippen LogP contribution >= 0.6 is 0 Å². The summed E-state index contributed by atoms with van der Waals surface area (Å²) in [5.74, 6) is -1.18. The van der Waals surface area contributed by atoms with E-state index in [1.807, 2.05) is 0 Å². The number of para-hydroxylation sites is 1. The Morgan fingerprint density at radius 1 is 1.04 bits per heavy atom. The van der Waals surface area contributed by atoms with Gasteiger partial charge in [0.2, 0.25) is 0 Å². The summed E-state index contributed by atoms with van der Waals surface area (Å²) in [6, 6.07) is 8.66. The van der Waals surface area contributed by atoms with Gasteiger partial charge in [-0.15, -0.1) is 0 Å². The van der Waals surface area contributed by atoms with Gasteiger partial charge in [0.25, 0.3) is 5.91 Å². The van der Waals surface area contributed by atoms with E-state index in [0.717, 1.165) is 18.2 Å². The van der Waals surface area contributed by atoms with Crippen LogP contribution in [0.4, 0.5) is 18.9 Å². The van der Waals surface area contributed by atoms with Gasteiger partial charge in [0.15, 0.2) is 18.1 Å². The van der Waals surface area contributed by atoms with Crippen molar-refractivity contribution in [2.45, 2.75) is 6.18 Å². The van der Waals surface area contributed by atoms with Crippen LogP contribution in [0.3, 0.4) is 0 Å². The van der Waals surface area contributed by atoms with E-state index in [2.05, 4.69) is 5.32 Å². The van der Waals surface area contributed by atoms with Crippen molar-refractivity contribution in [3.8, 4) is 11.5 Å². The van der Waals surface area contributed by atoms with Gasteiger partial charge >= 0.3 is 12.1 Å². The monoisotopic (exact) mass is 383 g/mol. The van der Waals surface area contributed by atoms with E-state index in [1.54, 1.807) is 12.1 Å². The lowest BCUT2D eigenvalue weighted by atomic mass is 10.2. The van der Waals surface area contributed by atoms with Crippen molar-refractivity contribution in [3.05, 3.63) is 53.6 Å². The summed E-state index contributed by atoms with van der Waals surface area (Å²) in [4.78, 5) is 24.0. The Hall–Kier alpha value is -3.23. The van der Waals surface area contributed by atoms with Crippen molar-refractivity contribution < 1.29 is 37.0 Å². The quantitative estimate of drug-likeness (QED) is 0.773. The fourth-order valence-electron chi connectivity index (χ4n) is 2.23. The lowest BCUT2D eigenvalue weighted by Gasteiger charge is -2.12. The molecule has 0 unspecified atom stereocenters. The van der Waals surface area contributed by atoms with Gasteiger partial charge in [-0.2, -0.15) is 13.2 Å². The number of esters is 1. The van der Waals surface area contributed by atoms with E-state index in [4.69, 9.17) is 14.2 Å². The van der Waals surface area contributed by atoms with Crippen LogP contribution in [-0.2, 0) is 15.7 Å². The molecule has 2 rings (SSSR count). The van der Waals surface area contributed by atoms with Crippen LogP contribution in [0.25, 0.3) is 0 Å². The fourth-order valence-corrected chi connectivity index (χ4v) is 2.23. The Balaban J connectivity index is 2.01. The molecule has 9 heteroatoms. The third kappa shape index (κ3) is 5.13. The minimum Gasteiger partial charge on any atom is -0.493 e. The molecule has 0 aliphatic rings. The van der Waals surface area contributed by atoms with Crippen molar-refractivity contribution in [3.63, 3.8) is 0 Å². The molecule has 27 heavy (non-hydrogen) atoms. The Kier molecular flexibility index (Phi) is 6.27. The first-order valence-electron chi connectivity index (χ1n) is 7.61. The summed E-state index contributed by atoms with van der Waals surface area (Å²) in [5.41, 5.74) is -0.924. The van der Waals surface area contributed by atoms with Crippen LogP contribution in [0, 0.1) is 0 Å². The molecule has 1 amide bonds. The van der Waals surface area contributed by atoms with Crippen LogP contribution in [0.2, 0.25) is 0 Å². The molecule has 0 aromatic heterocycles. The summed E-state index contributed by atoms with van der Waals surface area (Å²) in [6.45, 7) is -0.685. The molecule has 1 N–H and O–H groups in total. The van der Waals surface area contributed by atoms with Crippen molar-refractivity contribution in [1.82, 2.24) is 0 Å². The highest BCUT2D eigenvalue weighted by Crippen LogP contribution is 2.31. The van der Waals surface area contributed by atoms with Gasteiger partial charge in [0, 0.05) is 5.69 Å². The van der Waals surface area contributed by atoms with Crippen LogP contribution in [-0.4, -0.2) is 32.7 Å². The van der Waals surface area contributed by atoms with Gasteiger partial charge in [-0.05, 0) is 30.3 Å². The second-order valence-corrected chi connectivity index (χ2v) is 5.24. The molecule has 0 saturated carbocycles. The van der Waals surface area contributed by atoms with Crippen molar-refractivity contribution in [2.24, 2.45) is 0 Å². The Bertz CT molecular complexity index is 836. The van der Waals surface area contributed by atoms with E-state index < -0.39 is 30.2 Å². The maximum Gasteiger partial charge on any atom is 0.416 e. The van der Waals surface area contributed by atoms with Crippen LogP contribution in [0.5, 0.6) is 11.5 Å². The highest BCUT2D eigenvalue weighted by atomic mass is 19.4. The number of carbonyl (C=O) groups is 2. The number of hydrogen-bond donors (Lipinski definition) is 1. The van der Waals surface area contributed by atoms with Gasteiger partial charge in [-0.25, -0.2) is 4.79 Å². The molecule has 0 atom stereocenters. The van der Waals surface area contributed by atoms with Crippen LogP contribution in [0.1, 0.15) is 15.9 Å². The molecule has 0 bridgehead atoms. The lowest BCUT2D eigenvalue weighted by molar-refractivity contribution is -0.137. The van der Waals surface area contributed by atoms with Crippen molar-refractivity contribution >= 4 is 17.6 Å². The molecule has 2 aromatic carbocycles. The number of nitrogens with one attached hydrogen (secondary N) is 1. The van der Waals surface area contributed by atoms with E-state index in [1.165, 1.54) is 26.4 Å². The first-order chi connectivity index (χ1) is 12.8. The van der Waals surface area contributed by atoms with Gasteiger partial charge in [0.1, 0.15) is 5.56 Å². The molecule has 144 valence electrons. The smallest absolute Gasteiger partial charge is 0.416 e. The fraction of sp³-hybridized carbons (Fsp3) is 0.222. The molecule has 6 nitrogen and oxygen atoms in total.